The number of ether oxygens (including phenoxy) is 4. The number of benzene rings is 6. The van der Waals surface area contributed by atoms with Crippen molar-refractivity contribution in [3.8, 4) is 17.2 Å². The molecule has 83 heavy (non-hydrogen) atoms. The maximum atomic E-state index is 12.2. The van der Waals surface area contributed by atoms with Crippen molar-refractivity contribution in [2.75, 3.05) is 26.9 Å². The molecule has 0 saturated carbocycles. The Morgan fingerprint density at radius 3 is 1.16 bits per heavy atom. The van der Waals surface area contributed by atoms with E-state index in [-0.39, 0.29) is 71.5 Å². The maximum absolute atomic E-state index is 12.2. The zero-order chi connectivity index (χ0) is 57.6. The standard InChI is InChI=1S/C22H22N2O4.C22H21NO4.C21H20N2O4.Na/c1-27-19(25)13-28-18-9-5-8-16-21(18)20-15(22(23)26)10-11-17(20)24(16)12-14-6-3-2-4-7-14;1-14(24)16-10-11-18-21(16)22-17(8-5-9-19(22)27-13-20(25)26)23(18)12-15-6-3-2-4-7-15;22-21(26)14-9-10-16-19(14)20-15(7-4-8-17(20)27-12-18(24)25)23(16)11-13-5-2-1-3-6-13;/h2-9,15H,10-13H2,1H3,(H2,23,26);2-9,16H,10-13H2,1H3,(H,25,26);1-8,14H,9-12H2,(H2,22,26)(H,24,25);/q;;;+1/p-1. The fraction of sp³-hybridized carbons (Fsp3) is 0.262. The number of nitrogens with two attached hydrogens (primary N) is 2. The first-order valence-corrected chi connectivity index (χ1v) is 27.2. The van der Waals surface area contributed by atoms with Gasteiger partial charge in [-0.1, -0.05) is 109 Å². The number of carbonyl (C=O) groups excluding carboxylic acids is 5. The quantitative estimate of drug-likeness (QED) is 0.0770. The summed E-state index contributed by atoms with van der Waals surface area (Å²) in [4.78, 5) is 69.7. The minimum atomic E-state index is -1.27. The van der Waals surface area contributed by atoms with Gasteiger partial charge in [0.05, 0.1) is 41.5 Å². The van der Waals surface area contributed by atoms with Crippen LogP contribution in [0.15, 0.2) is 146 Å². The Morgan fingerprint density at radius 2 is 0.831 bits per heavy atom. The summed E-state index contributed by atoms with van der Waals surface area (Å²) in [6, 6.07) is 47.3. The van der Waals surface area contributed by atoms with Crippen molar-refractivity contribution < 1.29 is 87.5 Å². The molecule has 17 nitrogen and oxygen atoms in total. The van der Waals surface area contributed by atoms with Crippen LogP contribution in [-0.2, 0) is 72.4 Å². The van der Waals surface area contributed by atoms with Crippen molar-refractivity contribution >= 4 is 68.2 Å². The second kappa shape index (κ2) is 26.1. The molecule has 2 amide bonds. The van der Waals surface area contributed by atoms with Crippen molar-refractivity contribution in [2.24, 2.45) is 11.5 Å². The number of Topliss-reactive ketones (excluding diaryl/α,β-unsaturated/α-hetero) is 1. The molecular weight excluding hydrogens is 1070 g/mol. The number of primary amides is 2. The molecule has 3 aromatic heterocycles. The van der Waals surface area contributed by atoms with Gasteiger partial charge in [0, 0.05) is 58.8 Å². The first kappa shape index (κ1) is 59.0. The number of nitrogens with zero attached hydrogens (tertiary/aromatic N) is 3. The summed E-state index contributed by atoms with van der Waals surface area (Å²) < 4.78 is 28.1. The Labute approximate surface area is 501 Å². The predicted octanol–water partition coefficient (Wildman–Crippen LogP) is 4.87. The number of aromatic nitrogens is 3. The molecule has 12 rings (SSSR count). The number of hydrogen-bond acceptors (Lipinski definition) is 11. The van der Waals surface area contributed by atoms with Crippen LogP contribution >= 0.6 is 0 Å². The molecule has 0 fully saturated rings. The molecule has 0 spiro atoms. The zero-order valence-corrected chi connectivity index (χ0v) is 48.5. The van der Waals surface area contributed by atoms with E-state index >= 15 is 0 Å². The van der Waals surface area contributed by atoms with Gasteiger partial charge in [0.2, 0.25) is 11.8 Å². The third-order valence-corrected chi connectivity index (χ3v) is 15.7. The zero-order valence-electron chi connectivity index (χ0n) is 46.5. The summed E-state index contributed by atoms with van der Waals surface area (Å²) in [6.45, 7) is 2.54. The van der Waals surface area contributed by atoms with E-state index in [2.05, 4.69) is 54.8 Å². The summed E-state index contributed by atoms with van der Waals surface area (Å²) in [5.41, 5.74) is 23.8. The molecule has 9 aromatic rings. The third-order valence-electron chi connectivity index (χ3n) is 15.7. The van der Waals surface area contributed by atoms with E-state index in [1.807, 2.05) is 97.1 Å². The van der Waals surface area contributed by atoms with Gasteiger partial charge in [0.15, 0.2) is 13.2 Å². The number of rotatable bonds is 18. The van der Waals surface area contributed by atoms with Crippen LogP contribution in [0.1, 0.15) is 94.4 Å². The van der Waals surface area contributed by atoms with Crippen LogP contribution in [0.2, 0.25) is 0 Å². The number of aliphatic carboxylic acids is 2. The van der Waals surface area contributed by atoms with Crippen LogP contribution < -0.4 is 60.3 Å². The Bertz CT molecular complexity index is 3720. The van der Waals surface area contributed by atoms with E-state index in [4.69, 9.17) is 30.8 Å². The largest absolute Gasteiger partial charge is 1.00 e. The number of carbonyl (C=O) groups is 6. The number of amides is 2. The van der Waals surface area contributed by atoms with Crippen molar-refractivity contribution in [1.82, 2.24) is 13.7 Å². The van der Waals surface area contributed by atoms with Crippen LogP contribution in [0, 0.1) is 0 Å². The van der Waals surface area contributed by atoms with Gasteiger partial charge in [-0.25, -0.2) is 9.59 Å². The normalized spacial score (nSPS) is 15.4. The number of methoxy groups -OCH3 is 1. The maximum Gasteiger partial charge on any atom is 1.00 e. The average Bonchev–Trinajstić information content (AvgIpc) is 2.53. The number of hydrogen-bond donors (Lipinski definition) is 3. The van der Waals surface area contributed by atoms with E-state index < -0.39 is 31.1 Å². The fourth-order valence-electron chi connectivity index (χ4n) is 12.2. The van der Waals surface area contributed by atoms with Crippen LogP contribution in [0.4, 0.5) is 0 Å². The van der Waals surface area contributed by atoms with Gasteiger partial charge in [0.25, 0.3) is 0 Å². The predicted molar refractivity (Wildman–Crippen MR) is 306 cm³/mol. The monoisotopic (exact) mass is 1130 g/mol. The second-order valence-electron chi connectivity index (χ2n) is 20.6. The Morgan fingerprint density at radius 1 is 0.494 bits per heavy atom. The number of carboxylic acid groups (broad SMARTS) is 2. The van der Waals surface area contributed by atoms with Gasteiger partial charge < -0.3 is 59.1 Å². The van der Waals surface area contributed by atoms with Crippen LogP contribution in [0.25, 0.3) is 32.7 Å². The third kappa shape index (κ3) is 12.4. The summed E-state index contributed by atoms with van der Waals surface area (Å²) in [6.07, 6.45) is 4.48. The Hall–Kier alpha value is -8.64. The molecule has 6 aromatic carbocycles. The molecule has 3 unspecified atom stereocenters. The molecule has 0 bridgehead atoms. The fourth-order valence-corrected chi connectivity index (χ4v) is 12.2. The van der Waals surface area contributed by atoms with Crippen LogP contribution in [0.5, 0.6) is 17.2 Å². The first-order valence-electron chi connectivity index (χ1n) is 27.2. The number of carboxylic acids is 2. The minimum Gasteiger partial charge on any atom is -0.546 e. The number of fused-ring (bicyclic) bond motifs is 9. The smallest absolute Gasteiger partial charge is 0.546 e. The van der Waals surface area contributed by atoms with E-state index in [9.17, 15) is 33.9 Å². The number of esters is 1. The Kier molecular flexibility index (Phi) is 18.5. The van der Waals surface area contributed by atoms with Gasteiger partial charge in [-0.3, -0.25) is 14.4 Å². The SMILES string of the molecule is CC(=O)C1CCc2c1c1c(OCC(=O)[O-])cccc1n2Cc1ccccc1.COC(=O)COc1cccc2c1c1c(n2Cc2ccccc2)CCC1C(N)=O.NC(=O)C1CCc2c1c1c(OCC(=O)O)cccc1n2Cc1ccccc1.[Na+]. The molecule has 0 radical (unpaired) electrons. The first-order chi connectivity index (χ1) is 39.7. The van der Waals surface area contributed by atoms with Crippen molar-refractivity contribution in [3.63, 3.8) is 0 Å². The second-order valence-corrected chi connectivity index (χ2v) is 20.6. The number of ketones is 1. The topological polar surface area (TPSA) is 249 Å². The molecule has 3 atom stereocenters. The molecule has 3 aliphatic carbocycles. The van der Waals surface area contributed by atoms with Gasteiger partial charge in [-0.05, 0) is 115 Å². The molecule has 3 heterocycles. The minimum absolute atomic E-state index is 0. The van der Waals surface area contributed by atoms with Crippen molar-refractivity contribution in [1.29, 1.82) is 0 Å². The van der Waals surface area contributed by atoms with E-state index in [1.54, 1.807) is 19.1 Å². The average molecular weight is 1130 g/mol. The van der Waals surface area contributed by atoms with E-state index in [0.717, 1.165) is 97.7 Å². The molecule has 0 aliphatic heterocycles. The van der Waals surface area contributed by atoms with E-state index in [1.165, 1.54) is 18.2 Å². The van der Waals surface area contributed by atoms with Gasteiger partial charge in [-0.2, -0.15) is 0 Å². The van der Waals surface area contributed by atoms with Crippen LogP contribution in [-0.4, -0.2) is 81.2 Å². The summed E-state index contributed by atoms with van der Waals surface area (Å²) in [7, 11) is 1.32. The molecule has 420 valence electrons. The van der Waals surface area contributed by atoms with Crippen LogP contribution in [0.3, 0.4) is 0 Å². The summed E-state index contributed by atoms with van der Waals surface area (Å²) >= 11 is 0. The molecule has 0 saturated heterocycles. The Balaban J connectivity index is 0.000000149. The summed E-state index contributed by atoms with van der Waals surface area (Å²) in [5.74, 6) is -2.70. The van der Waals surface area contributed by atoms with E-state index in [0.29, 0.717) is 49.7 Å². The van der Waals surface area contributed by atoms with Gasteiger partial charge in [-0.15, -0.1) is 0 Å². The molecule has 3 aliphatic rings. The molecule has 5 N–H and O–H groups in total. The molecular formula is C65H62N5NaO12. The van der Waals surface area contributed by atoms with Crippen molar-refractivity contribution in [2.45, 2.75) is 82.8 Å². The van der Waals surface area contributed by atoms with Gasteiger partial charge in [0.1, 0.15) is 29.6 Å². The molecule has 18 heteroatoms. The van der Waals surface area contributed by atoms with Gasteiger partial charge >= 0.3 is 41.5 Å². The summed E-state index contributed by atoms with van der Waals surface area (Å²) in [5, 5.41) is 22.3. The van der Waals surface area contributed by atoms with Crippen molar-refractivity contribution in [3.05, 3.63) is 196 Å².